The van der Waals surface area contributed by atoms with Crippen LogP contribution in [-0.4, -0.2) is 7.11 Å². The SMILES string of the molecule is COc1cc(N)ccc1SCc1cc(C)cc(C)c1. The van der Waals surface area contributed by atoms with E-state index in [0.29, 0.717) is 0 Å². The van der Waals surface area contributed by atoms with Gasteiger partial charge in [0.1, 0.15) is 5.75 Å². The number of aryl methyl sites for hydroxylation is 2. The second kappa shape index (κ2) is 6.02. The Morgan fingerprint density at radius 1 is 1.05 bits per heavy atom. The third-order valence-electron chi connectivity index (χ3n) is 2.86. The average molecular weight is 273 g/mol. The Bertz CT molecular complexity index is 561. The first kappa shape index (κ1) is 13.8. The van der Waals surface area contributed by atoms with Crippen LogP contribution in [-0.2, 0) is 5.75 Å². The van der Waals surface area contributed by atoms with Crippen LogP contribution in [0.2, 0.25) is 0 Å². The number of nitrogens with two attached hydrogens (primary N) is 1. The van der Waals surface area contributed by atoms with Crippen molar-refractivity contribution >= 4 is 17.4 Å². The van der Waals surface area contributed by atoms with E-state index in [9.17, 15) is 0 Å². The van der Waals surface area contributed by atoms with Crippen molar-refractivity contribution in [2.45, 2.75) is 24.5 Å². The molecule has 0 aromatic heterocycles. The fourth-order valence-corrected chi connectivity index (χ4v) is 3.05. The van der Waals surface area contributed by atoms with Gasteiger partial charge in [-0.2, -0.15) is 0 Å². The van der Waals surface area contributed by atoms with Gasteiger partial charge in [-0.15, -0.1) is 11.8 Å². The highest BCUT2D eigenvalue weighted by Gasteiger charge is 2.05. The van der Waals surface area contributed by atoms with Gasteiger partial charge >= 0.3 is 0 Å². The zero-order valence-electron chi connectivity index (χ0n) is 11.6. The number of ether oxygens (including phenoxy) is 1. The summed E-state index contributed by atoms with van der Waals surface area (Å²) in [7, 11) is 1.68. The molecule has 0 atom stereocenters. The first-order chi connectivity index (χ1) is 9.08. The molecule has 0 fully saturated rings. The Balaban J connectivity index is 2.14. The summed E-state index contributed by atoms with van der Waals surface area (Å²) in [6.07, 6.45) is 0. The van der Waals surface area contributed by atoms with Crippen LogP contribution in [0.5, 0.6) is 5.75 Å². The van der Waals surface area contributed by atoms with Crippen LogP contribution in [0.1, 0.15) is 16.7 Å². The summed E-state index contributed by atoms with van der Waals surface area (Å²) in [4.78, 5) is 1.12. The van der Waals surface area contributed by atoms with E-state index >= 15 is 0 Å². The fraction of sp³-hybridized carbons (Fsp3) is 0.250. The van der Waals surface area contributed by atoms with Crippen LogP contribution >= 0.6 is 11.8 Å². The number of benzene rings is 2. The maximum atomic E-state index is 5.76. The molecule has 0 saturated heterocycles. The molecule has 2 N–H and O–H groups in total. The lowest BCUT2D eigenvalue weighted by molar-refractivity contribution is 0.405. The van der Waals surface area contributed by atoms with Gasteiger partial charge in [0.05, 0.1) is 7.11 Å². The van der Waals surface area contributed by atoms with Crippen molar-refractivity contribution in [1.82, 2.24) is 0 Å². The number of anilines is 1. The summed E-state index contributed by atoms with van der Waals surface area (Å²) < 4.78 is 5.36. The minimum atomic E-state index is 0.729. The predicted octanol–water partition coefficient (Wildman–Crippen LogP) is 4.19. The summed E-state index contributed by atoms with van der Waals surface area (Å²) in [5.41, 5.74) is 10.4. The number of methoxy groups -OCH3 is 1. The van der Waals surface area contributed by atoms with Gasteiger partial charge in [-0.1, -0.05) is 29.3 Å². The van der Waals surface area contributed by atoms with Gasteiger partial charge in [0.2, 0.25) is 0 Å². The van der Waals surface area contributed by atoms with Crippen LogP contribution in [0.25, 0.3) is 0 Å². The molecule has 0 aliphatic heterocycles. The van der Waals surface area contributed by atoms with E-state index in [4.69, 9.17) is 10.5 Å². The van der Waals surface area contributed by atoms with E-state index < -0.39 is 0 Å². The second-order valence-corrected chi connectivity index (χ2v) is 5.71. The normalized spacial score (nSPS) is 10.5. The van der Waals surface area contributed by atoms with Crippen LogP contribution in [0.3, 0.4) is 0 Å². The molecular formula is C16H19NOS. The highest BCUT2D eigenvalue weighted by atomic mass is 32.2. The van der Waals surface area contributed by atoms with Gasteiger partial charge in [0, 0.05) is 22.4 Å². The summed E-state index contributed by atoms with van der Waals surface area (Å²) in [5.74, 6) is 1.78. The van der Waals surface area contributed by atoms with Gasteiger partial charge in [-0.3, -0.25) is 0 Å². The van der Waals surface area contributed by atoms with Crippen LogP contribution < -0.4 is 10.5 Å². The lowest BCUT2D eigenvalue weighted by Gasteiger charge is -2.09. The lowest BCUT2D eigenvalue weighted by atomic mass is 10.1. The van der Waals surface area contributed by atoms with Crippen molar-refractivity contribution in [3.8, 4) is 5.75 Å². The average Bonchev–Trinajstić information content (AvgIpc) is 2.36. The van der Waals surface area contributed by atoms with Crippen molar-refractivity contribution < 1.29 is 4.74 Å². The topological polar surface area (TPSA) is 35.2 Å². The molecule has 0 radical (unpaired) electrons. The largest absolute Gasteiger partial charge is 0.496 e. The van der Waals surface area contributed by atoms with Gasteiger partial charge < -0.3 is 10.5 Å². The first-order valence-electron chi connectivity index (χ1n) is 6.22. The van der Waals surface area contributed by atoms with Gasteiger partial charge in [0.25, 0.3) is 0 Å². The monoisotopic (exact) mass is 273 g/mol. The van der Waals surface area contributed by atoms with Crippen molar-refractivity contribution in [3.05, 3.63) is 53.1 Å². The zero-order chi connectivity index (χ0) is 13.8. The van der Waals surface area contributed by atoms with Crippen molar-refractivity contribution in [1.29, 1.82) is 0 Å². The first-order valence-corrected chi connectivity index (χ1v) is 7.20. The molecule has 2 nitrogen and oxygen atoms in total. The molecule has 0 spiro atoms. The zero-order valence-corrected chi connectivity index (χ0v) is 12.4. The smallest absolute Gasteiger partial charge is 0.134 e. The number of thioether (sulfide) groups is 1. The molecule has 0 aliphatic carbocycles. The summed E-state index contributed by atoms with van der Waals surface area (Å²) >= 11 is 1.77. The molecule has 100 valence electrons. The molecule has 2 aromatic carbocycles. The number of hydrogen-bond acceptors (Lipinski definition) is 3. The number of rotatable bonds is 4. The minimum absolute atomic E-state index is 0.729. The Kier molecular flexibility index (Phi) is 4.38. The number of hydrogen-bond donors (Lipinski definition) is 1. The van der Waals surface area contributed by atoms with Crippen molar-refractivity contribution in [2.24, 2.45) is 0 Å². The van der Waals surface area contributed by atoms with E-state index in [1.165, 1.54) is 16.7 Å². The Morgan fingerprint density at radius 2 is 1.74 bits per heavy atom. The summed E-state index contributed by atoms with van der Waals surface area (Å²) in [6.45, 7) is 4.26. The molecule has 2 rings (SSSR count). The van der Waals surface area contributed by atoms with Gasteiger partial charge in [-0.25, -0.2) is 0 Å². The third kappa shape index (κ3) is 3.67. The van der Waals surface area contributed by atoms with Crippen molar-refractivity contribution in [3.63, 3.8) is 0 Å². The van der Waals surface area contributed by atoms with Gasteiger partial charge in [0.15, 0.2) is 0 Å². The Labute approximate surface area is 119 Å². The van der Waals surface area contributed by atoms with E-state index in [2.05, 4.69) is 32.0 Å². The maximum Gasteiger partial charge on any atom is 0.134 e. The van der Waals surface area contributed by atoms with Crippen LogP contribution in [0, 0.1) is 13.8 Å². The molecule has 0 aliphatic rings. The maximum absolute atomic E-state index is 5.76. The molecule has 0 amide bonds. The molecule has 2 aromatic rings. The second-order valence-electron chi connectivity index (χ2n) is 4.69. The van der Waals surface area contributed by atoms with Crippen molar-refractivity contribution in [2.75, 3.05) is 12.8 Å². The highest BCUT2D eigenvalue weighted by Crippen LogP contribution is 2.33. The molecule has 0 saturated carbocycles. The van der Waals surface area contributed by atoms with E-state index in [1.54, 1.807) is 18.9 Å². The van der Waals surface area contributed by atoms with E-state index in [-0.39, 0.29) is 0 Å². The summed E-state index contributed by atoms with van der Waals surface area (Å²) in [5, 5.41) is 0. The highest BCUT2D eigenvalue weighted by molar-refractivity contribution is 7.98. The standard InChI is InChI=1S/C16H19NOS/c1-11-6-12(2)8-13(7-11)10-19-16-5-4-14(17)9-15(16)18-3/h4-9H,10,17H2,1-3H3. The summed E-state index contributed by atoms with van der Waals surface area (Å²) in [6, 6.07) is 12.4. The molecule has 0 heterocycles. The predicted molar refractivity (Wildman–Crippen MR) is 82.9 cm³/mol. The lowest BCUT2D eigenvalue weighted by Crippen LogP contribution is -1.91. The van der Waals surface area contributed by atoms with E-state index in [0.717, 1.165) is 22.1 Å². The Hall–Kier alpha value is -1.61. The molecule has 0 bridgehead atoms. The number of nitrogen functional groups attached to an aromatic ring is 1. The molecule has 3 heteroatoms. The quantitative estimate of drug-likeness (QED) is 0.670. The minimum Gasteiger partial charge on any atom is -0.496 e. The third-order valence-corrected chi connectivity index (χ3v) is 3.99. The molecule has 19 heavy (non-hydrogen) atoms. The molecule has 0 unspecified atom stereocenters. The van der Waals surface area contributed by atoms with Crippen LogP contribution in [0.4, 0.5) is 5.69 Å². The fourth-order valence-electron chi connectivity index (χ4n) is 2.12. The Morgan fingerprint density at radius 3 is 2.37 bits per heavy atom. The van der Waals surface area contributed by atoms with E-state index in [1.807, 2.05) is 18.2 Å². The van der Waals surface area contributed by atoms with Crippen LogP contribution in [0.15, 0.2) is 41.3 Å². The van der Waals surface area contributed by atoms with Gasteiger partial charge in [-0.05, 0) is 31.5 Å². The molecular weight excluding hydrogens is 254 g/mol.